The van der Waals surface area contributed by atoms with Crippen molar-refractivity contribution in [1.29, 1.82) is 0 Å². The molecular formula is C15H28F2N2O3. The number of urea groups is 1. The number of halogens is 2. The van der Waals surface area contributed by atoms with E-state index in [9.17, 15) is 13.6 Å². The summed E-state index contributed by atoms with van der Waals surface area (Å²) in [6, 6.07) is -0.642. The predicted molar refractivity (Wildman–Crippen MR) is 79.9 cm³/mol. The van der Waals surface area contributed by atoms with E-state index in [4.69, 9.17) is 9.47 Å². The van der Waals surface area contributed by atoms with Crippen LogP contribution in [0.2, 0.25) is 0 Å². The topological polar surface area (TPSA) is 42.0 Å². The average molecular weight is 322 g/mol. The molecular weight excluding hydrogens is 294 g/mol. The smallest absolute Gasteiger partial charge is 0.325 e. The van der Waals surface area contributed by atoms with Crippen molar-refractivity contribution in [3.8, 4) is 0 Å². The first kappa shape index (κ1) is 19.1. The molecule has 1 aliphatic heterocycles. The van der Waals surface area contributed by atoms with Gasteiger partial charge in [-0.05, 0) is 11.8 Å². The number of ether oxygens (including phenoxy) is 2. The first-order valence-electron chi connectivity index (χ1n) is 7.59. The second kappa shape index (κ2) is 7.55. The van der Waals surface area contributed by atoms with Gasteiger partial charge in [0.2, 0.25) is 0 Å². The van der Waals surface area contributed by atoms with Crippen LogP contribution in [0, 0.1) is 11.8 Å². The SMILES string of the molecule is COCC(F)N1CC(C(C)C)(C(C)C)N(C(F)COC)C1=O. The number of hydrogen-bond acceptors (Lipinski definition) is 3. The van der Waals surface area contributed by atoms with Gasteiger partial charge in [-0.1, -0.05) is 27.7 Å². The van der Waals surface area contributed by atoms with Crippen LogP contribution in [0.1, 0.15) is 27.7 Å². The molecule has 0 radical (unpaired) electrons. The second-order valence-electron chi connectivity index (χ2n) is 6.36. The highest BCUT2D eigenvalue weighted by Gasteiger charge is 2.57. The van der Waals surface area contributed by atoms with Gasteiger partial charge in [-0.15, -0.1) is 0 Å². The third kappa shape index (κ3) is 3.20. The number of hydrogen-bond donors (Lipinski definition) is 0. The van der Waals surface area contributed by atoms with Crippen LogP contribution in [0.4, 0.5) is 13.6 Å². The lowest BCUT2D eigenvalue weighted by atomic mass is 9.76. The highest BCUT2D eigenvalue weighted by atomic mass is 19.1. The molecule has 5 nitrogen and oxygen atoms in total. The zero-order valence-corrected chi connectivity index (χ0v) is 14.3. The van der Waals surface area contributed by atoms with Crippen LogP contribution in [-0.2, 0) is 9.47 Å². The van der Waals surface area contributed by atoms with Crippen molar-refractivity contribution in [3.05, 3.63) is 0 Å². The summed E-state index contributed by atoms with van der Waals surface area (Å²) in [7, 11) is 2.74. The summed E-state index contributed by atoms with van der Waals surface area (Å²) in [5, 5.41) is 0. The Balaban J connectivity index is 3.23. The zero-order valence-electron chi connectivity index (χ0n) is 14.3. The summed E-state index contributed by atoms with van der Waals surface area (Å²) in [6.45, 7) is 7.37. The number of carbonyl (C=O) groups is 1. The van der Waals surface area contributed by atoms with Crippen molar-refractivity contribution in [2.45, 2.75) is 45.8 Å². The van der Waals surface area contributed by atoms with Gasteiger partial charge in [0.05, 0.1) is 18.8 Å². The Hall–Kier alpha value is -0.950. The minimum atomic E-state index is -1.61. The molecule has 0 aromatic rings. The van der Waals surface area contributed by atoms with Crippen LogP contribution in [0.25, 0.3) is 0 Å². The molecule has 0 bridgehead atoms. The van der Waals surface area contributed by atoms with E-state index in [-0.39, 0.29) is 31.6 Å². The summed E-state index contributed by atoms with van der Waals surface area (Å²) >= 11 is 0. The fraction of sp³-hybridized carbons (Fsp3) is 0.933. The van der Waals surface area contributed by atoms with Gasteiger partial charge in [-0.3, -0.25) is 9.80 Å². The minimum absolute atomic E-state index is 0.0358. The fourth-order valence-corrected chi connectivity index (χ4v) is 3.36. The van der Waals surface area contributed by atoms with E-state index in [2.05, 4.69) is 0 Å². The predicted octanol–water partition coefficient (Wildman–Crippen LogP) is 2.66. The Morgan fingerprint density at radius 3 is 1.91 bits per heavy atom. The van der Waals surface area contributed by atoms with E-state index in [1.807, 2.05) is 27.7 Å². The van der Waals surface area contributed by atoms with Crippen molar-refractivity contribution >= 4 is 6.03 Å². The number of rotatable bonds is 8. The van der Waals surface area contributed by atoms with Gasteiger partial charge in [0.1, 0.15) is 0 Å². The molecule has 0 N–H and O–H groups in total. The number of methoxy groups -OCH3 is 2. The van der Waals surface area contributed by atoms with Gasteiger partial charge < -0.3 is 9.47 Å². The fourth-order valence-electron chi connectivity index (χ4n) is 3.36. The molecule has 22 heavy (non-hydrogen) atoms. The van der Waals surface area contributed by atoms with Gasteiger partial charge in [-0.25, -0.2) is 13.6 Å². The van der Waals surface area contributed by atoms with Gasteiger partial charge >= 0.3 is 6.03 Å². The maximum absolute atomic E-state index is 14.6. The van der Waals surface area contributed by atoms with E-state index in [0.29, 0.717) is 0 Å². The lowest BCUT2D eigenvalue weighted by molar-refractivity contribution is -0.0411. The quantitative estimate of drug-likeness (QED) is 0.645. The molecule has 0 aliphatic carbocycles. The molecule has 1 rings (SSSR count). The van der Waals surface area contributed by atoms with Gasteiger partial charge in [0.25, 0.3) is 0 Å². The summed E-state index contributed by atoms with van der Waals surface area (Å²) in [5.74, 6) is -0.0717. The Labute approximate surface area is 131 Å². The third-order valence-corrected chi connectivity index (χ3v) is 4.55. The number of amides is 2. The van der Waals surface area contributed by atoms with E-state index >= 15 is 0 Å². The lowest BCUT2D eigenvalue weighted by Crippen LogP contribution is -2.58. The molecule has 130 valence electrons. The first-order chi connectivity index (χ1) is 10.2. The van der Waals surface area contributed by atoms with Gasteiger partial charge in [0.15, 0.2) is 12.6 Å². The molecule has 1 fully saturated rings. The normalized spacial score (nSPS) is 21.1. The average Bonchev–Trinajstić information content (AvgIpc) is 2.74. The molecule has 1 heterocycles. The van der Waals surface area contributed by atoms with E-state index < -0.39 is 24.2 Å². The van der Waals surface area contributed by atoms with Crippen molar-refractivity contribution < 1.29 is 23.0 Å². The Morgan fingerprint density at radius 1 is 1.05 bits per heavy atom. The van der Waals surface area contributed by atoms with Crippen LogP contribution in [0.3, 0.4) is 0 Å². The second-order valence-corrected chi connectivity index (χ2v) is 6.36. The minimum Gasteiger partial charge on any atom is -0.380 e. The Bertz CT molecular complexity index is 372. The molecule has 1 saturated heterocycles. The summed E-state index contributed by atoms with van der Waals surface area (Å²) in [6.07, 6.45) is -3.20. The molecule has 2 atom stereocenters. The highest BCUT2D eigenvalue weighted by molar-refractivity contribution is 5.79. The first-order valence-corrected chi connectivity index (χ1v) is 7.59. The van der Waals surface area contributed by atoms with Crippen LogP contribution in [0.5, 0.6) is 0 Å². The van der Waals surface area contributed by atoms with Gasteiger partial charge in [0, 0.05) is 20.8 Å². The van der Waals surface area contributed by atoms with Crippen LogP contribution in [0.15, 0.2) is 0 Å². The maximum Gasteiger partial charge on any atom is 0.325 e. The van der Waals surface area contributed by atoms with Crippen LogP contribution >= 0.6 is 0 Å². The van der Waals surface area contributed by atoms with Crippen molar-refractivity contribution in [2.24, 2.45) is 11.8 Å². The molecule has 7 heteroatoms. The molecule has 1 aliphatic rings. The Kier molecular flexibility index (Phi) is 6.55. The molecule has 2 amide bonds. The lowest BCUT2D eigenvalue weighted by Gasteiger charge is -2.45. The number of nitrogens with zero attached hydrogens (tertiary/aromatic N) is 2. The summed E-state index contributed by atoms with van der Waals surface area (Å²) in [4.78, 5) is 14.8. The highest BCUT2D eigenvalue weighted by Crippen LogP contribution is 2.42. The number of alkyl halides is 2. The molecule has 0 aromatic heterocycles. The molecule has 0 saturated carbocycles. The largest absolute Gasteiger partial charge is 0.380 e. The monoisotopic (exact) mass is 322 g/mol. The third-order valence-electron chi connectivity index (χ3n) is 4.55. The van der Waals surface area contributed by atoms with Crippen molar-refractivity contribution in [1.82, 2.24) is 9.80 Å². The van der Waals surface area contributed by atoms with Gasteiger partial charge in [-0.2, -0.15) is 0 Å². The Morgan fingerprint density at radius 2 is 1.50 bits per heavy atom. The summed E-state index contributed by atoms with van der Waals surface area (Å²) in [5.41, 5.74) is -0.785. The van der Waals surface area contributed by atoms with Crippen LogP contribution < -0.4 is 0 Å². The standard InChI is InChI=1S/C15H28F2N2O3/c1-10(2)15(11(3)4)9-18(12(16)7-21-5)14(20)19(15)13(17)8-22-6/h10-13H,7-9H2,1-6H3. The molecule has 2 unspecified atom stereocenters. The van der Waals surface area contributed by atoms with E-state index in [1.54, 1.807) is 0 Å². The van der Waals surface area contributed by atoms with Crippen molar-refractivity contribution in [3.63, 3.8) is 0 Å². The molecule has 0 aromatic carbocycles. The van der Waals surface area contributed by atoms with E-state index in [1.165, 1.54) is 14.2 Å². The van der Waals surface area contributed by atoms with Crippen LogP contribution in [-0.4, -0.2) is 67.9 Å². The summed E-state index contributed by atoms with van der Waals surface area (Å²) < 4.78 is 38.5. The maximum atomic E-state index is 14.6. The van der Waals surface area contributed by atoms with E-state index in [0.717, 1.165) is 9.80 Å². The zero-order chi connectivity index (χ0) is 17.1. The number of carbonyl (C=O) groups excluding carboxylic acids is 1. The molecule has 0 spiro atoms. The van der Waals surface area contributed by atoms with Crippen molar-refractivity contribution in [2.75, 3.05) is 34.0 Å².